The Bertz CT molecular complexity index is 1270. The molecule has 2 aliphatic rings. The number of oxime groups is 1. The highest BCUT2D eigenvalue weighted by Gasteiger charge is 2.54. The lowest BCUT2D eigenvalue weighted by Gasteiger charge is -2.49. The van der Waals surface area contributed by atoms with Crippen molar-refractivity contribution in [1.29, 1.82) is 0 Å². The number of aromatic nitrogens is 1. The first-order valence-corrected chi connectivity index (χ1v) is 12.5. The van der Waals surface area contributed by atoms with Crippen LogP contribution >= 0.6 is 34.9 Å². The van der Waals surface area contributed by atoms with Gasteiger partial charge in [0.25, 0.3) is 11.8 Å². The van der Waals surface area contributed by atoms with Crippen LogP contribution in [0.4, 0.5) is 5.13 Å². The Balaban J connectivity index is 1.49. The molecule has 0 unspecified atom stereocenters. The molecule has 4 heterocycles. The Morgan fingerprint density at radius 1 is 1.47 bits per heavy atom. The molecular formula is C19H17N5O7S3. The third-order valence-electron chi connectivity index (χ3n) is 4.79. The lowest BCUT2D eigenvalue weighted by atomic mass is 10.0. The van der Waals surface area contributed by atoms with Crippen LogP contribution in [0.25, 0.3) is 0 Å². The van der Waals surface area contributed by atoms with Gasteiger partial charge in [0.15, 0.2) is 10.8 Å². The molecule has 15 heteroatoms. The molecule has 2 aromatic heterocycles. The van der Waals surface area contributed by atoms with Crippen molar-refractivity contribution in [2.75, 3.05) is 24.3 Å². The summed E-state index contributed by atoms with van der Waals surface area (Å²) in [5.74, 6) is -1.90. The Hall–Kier alpha value is -3.30. The first kappa shape index (κ1) is 23.8. The standard InChI is InChI=1S/C19H17N5O7S3/c1-30-23-12(10-7-34-19(20)21-10)15(26)22-13-16(27)24-14(18(28)29)8(6-33-17(13)24)5-32-9-2-3-31-11(25)4-9/h2-4,7,13,17H,5-6H2,1H3,(H2,20,21)(H,22,26)(H,28,29)/t13-,17+/m1/s1. The second-order valence-electron chi connectivity index (χ2n) is 6.89. The van der Waals surface area contributed by atoms with Gasteiger partial charge in [-0.3, -0.25) is 14.5 Å². The van der Waals surface area contributed by atoms with Gasteiger partial charge in [0.2, 0.25) is 0 Å². The number of β-lactam (4-membered cyclic amide) rings is 1. The number of nitrogens with one attached hydrogen (secondary N) is 1. The average Bonchev–Trinajstić information content (AvgIpc) is 3.24. The quantitative estimate of drug-likeness (QED) is 0.191. The summed E-state index contributed by atoms with van der Waals surface area (Å²) in [7, 11) is 1.27. The highest BCUT2D eigenvalue weighted by atomic mass is 32.2. The molecule has 0 aromatic carbocycles. The fraction of sp³-hybridized carbons (Fsp3) is 0.263. The normalized spacial score (nSPS) is 20.0. The molecule has 4 N–H and O–H groups in total. The molecule has 12 nitrogen and oxygen atoms in total. The Morgan fingerprint density at radius 3 is 2.91 bits per heavy atom. The van der Waals surface area contributed by atoms with E-state index in [-0.39, 0.29) is 28.0 Å². The van der Waals surface area contributed by atoms with E-state index >= 15 is 0 Å². The number of anilines is 1. The summed E-state index contributed by atoms with van der Waals surface area (Å²) < 4.78 is 4.69. The van der Waals surface area contributed by atoms with Gasteiger partial charge in [0.05, 0.1) is 6.26 Å². The van der Waals surface area contributed by atoms with E-state index < -0.39 is 34.8 Å². The van der Waals surface area contributed by atoms with Gasteiger partial charge in [-0.15, -0.1) is 34.9 Å². The second kappa shape index (κ2) is 9.90. The summed E-state index contributed by atoms with van der Waals surface area (Å²) in [5.41, 5.74) is 5.57. The van der Waals surface area contributed by atoms with Crippen LogP contribution in [-0.4, -0.2) is 68.5 Å². The molecule has 0 spiro atoms. The molecule has 2 amide bonds. The minimum atomic E-state index is -1.24. The SMILES string of the molecule is CON=C(C(=O)N[C@@H]1C(=O)N2C(C(=O)O)=C(CSc3ccoc(=O)c3)CS[C@@H]12)c1csc(N)n1. The number of thioether (sulfide) groups is 2. The van der Waals surface area contributed by atoms with E-state index in [2.05, 4.69) is 19.9 Å². The Morgan fingerprint density at radius 2 is 2.26 bits per heavy atom. The zero-order valence-corrected chi connectivity index (χ0v) is 19.9. The number of carboxylic acids is 1. The van der Waals surface area contributed by atoms with Crippen molar-refractivity contribution in [2.24, 2.45) is 5.16 Å². The van der Waals surface area contributed by atoms with E-state index in [1.807, 2.05) is 0 Å². The maximum atomic E-state index is 12.9. The molecule has 0 radical (unpaired) electrons. The number of hydrogen-bond donors (Lipinski definition) is 3. The number of fused-ring (bicyclic) bond motifs is 1. The van der Waals surface area contributed by atoms with Crippen LogP contribution in [-0.2, 0) is 19.2 Å². The van der Waals surface area contributed by atoms with Crippen molar-refractivity contribution >= 4 is 63.5 Å². The second-order valence-corrected chi connectivity index (χ2v) is 9.93. The molecule has 0 aliphatic carbocycles. The van der Waals surface area contributed by atoms with Crippen molar-refractivity contribution < 1.29 is 28.7 Å². The summed E-state index contributed by atoms with van der Waals surface area (Å²) in [6.45, 7) is 0. The van der Waals surface area contributed by atoms with Crippen LogP contribution in [0.3, 0.4) is 0 Å². The van der Waals surface area contributed by atoms with Crippen LogP contribution in [0, 0.1) is 0 Å². The Kier molecular flexibility index (Phi) is 6.95. The van der Waals surface area contributed by atoms with E-state index in [1.165, 1.54) is 53.2 Å². The maximum Gasteiger partial charge on any atom is 0.352 e. The van der Waals surface area contributed by atoms with Crippen LogP contribution in [0.5, 0.6) is 0 Å². The number of nitrogens with zero attached hydrogens (tertiary/aromatic N) is 3. The summed E-state index contributed by atoms with van der Waals surface area (Å²) in [5, 5.41) is 17.2. The smallest absolute Gasteiger partial charge is 0.352 e. The molecule has 1 saturated heterocycles. The van der Waals surface area contributed by atoms with Gasteiger partial charge in [-0.25, -0.2) is 14.6 Å². The van der Waals surface area contributed by atoms with Crippen LogP contribution in [0.2, 0.25) is 0 Å². The first-order chi connectivity index (χ1) is 16.3. The molecule has 0 saturated carbocycles. The number of rotatable bonds is 8. The summed E-state index contributed by atoms with van der Waals surface area (Å²) in [6, 6.07) is 1.96. The number of nitrogens with two attached hydrogens (primary N) is 1. The van der Waals surface area contributed by atoms with Gasteiger partial charge in [-0.2, -0.15) is 0 Å². The fourth-order valence-corrected chi connectivity index (χ4v) is 6.26. The van der Waals surface area contributed by atoms with Crippen molar-refractivity contribution in [3.8, 4) is 0 Å². The number of carbonyl (C=O) groups excluding carboxylic acids is 2. The van der Waals surface area contributed by atoms with E-state index in [9.17, 15) is 24.3 Å². The lowest BCUT2D eigenvalue weighted by molar-refractivity contribution is -0.150. The van der Waals surface area contributed by atoms with E-state index in [0.717, 1.165) is 11.3 Å². The molecule has 4 rings (SSSR count). The lowest BCUT2D eigenvalue weighted by Crippen LogP contribution is -2.71. The zero-order valence-electron chi connectivity index (χ0n) is 17.4. The summed E-state index contributed by atoms with van der Waals surface area (Å²) in [6.07, 6.45) is 1.26. The number of thiazole rings is 1. The number of carboxylic acid groups (broad SMARTS) is 1. The van der Waals surface area contributed by atoms with Gasteiger partial charge in [0, 0.05) is 27.8 Å². The largest absolute Gasteiger partial charge is 0.477 e. The molecule has 178 valence electrons. The minimum Gasteiger partial charge on any atom is -0.477 e. The van der Waals surface area contributed by atoms with Gasteiger partial charge in [0.1, 0.15) is 29.9 Å². The van der Waals surface area contributed by atoms with Gasteiger partial charge in [-0.05, 0) is 11.6 Å². The van der Waals surface area contributed by atoms with Crippen LogP contribution in [0.15, 0.2) is 54.3 Å². The first-order valence-electron chi connectivity index (χ1n) is 9.55. The number of nitrogen functional groups attached to an aromatic ring is 1. The highest BCUT2D eigenvalue weighted by Crippen LogP contribution is 2.41. The van der Waals surface area contributed by atoms with E-state index in [4.69, 9.17) is 10.6 Å². The van der Waals surface area contributed by atoms with Crippen molar-refractivity contribution in [1.82, 2.24) is 15.2 Å². The molecule has 2 aliphatic heterocycles. The number of carbonyl (C=O) groups is 3. The molecule has 0 bridgehead atoms. The zero-order chi connectivity index (χ0) is 24.4. The predicted octanol–water partition coefficient (Wildman–Crippen LogP) is 0.560. The number of hydrogen-bond acceptors (Lipinski definition) is 12. The summed E-state index contributed by atoms with van der Waals surface area (Å²) in [4.78, 5) is 59.5. The van der Waals surface area contributed by atoms with Crippen molar-refractivity contribution in [3.05, 3.63) is 51.2 Å². The molecule has 1 fully saturated rings. The molecule has 2 aromatic rings. The summed E-state index contributed by atoms with van der Waals surface area (Å²) >= 11 is 3.71. The number of amides is 2. The van der Waals surface area contributed by atoms with Gasteiger partial charge >= 0.3 is 11.6 Å². The van der Waals surface area contributed by atoms with Gasteiger partial charge < -0.3 is 25.4 Å². The van der Waals surface area contributed by atoms with E-state index in [0.29, 0.717) is 16.2 Å². The third kappa shape index (κ3) is 4.67. The predicted molar refractivity (Wildman–Crippen MR) is 125 cm³/mol. The molecule has 34 heavy (non-hydrogen) atoms. The van der Waals surface area contributed by atoms with Crippen LogP contribution < -0.4 is 16.7 Å². The average molecular weight is 524 g/mol. The Labute approximate surface area is 204 Å². The molecular weight excluding hydrogens is 506 g/mol. The topological polar surface area (TPSA) is 177 Å². The fourth-order valence-electron chi connectivity index (χ4n) is 3.32. The molecule has 2 atom stereocenters. The van der Waals surface area contributed by atoms with Crippen LogP contribution in [0.1, 0.15) is 5.69 Å². The number of aliphatic carboxylic acids is 1. The third-order valence-corrected chi connectivity index (χ3v) is 7.88. The minimum absolute atomic E-state index is 0.118. The monoisotopic (exact) mass is 523 g/mol. The van der Waals surface area contributed by atoms with E-state index in [1.54, 1.807) is 6.07 Å². The van der Waals surface area contributed by atoms with Gasteiger partial charge in [-0.1, -0.05) is 5.16 Å². The van der Waals surface area contributed by atoms with Crippen molar-refractivity contribution in [3.63, 3.8) is 0 Å². The van der Waals surface area contributed by atoms with Crippen molar-refractivity contribution in [2.45, 2.75) is 16.3 Å². The maximum absolute atomic E-state index is 12.9. The highest BCUT2D eigenvalue weighted by molar-refractivity contribution is 8.01.